The van der Waals surface area contributed by atoms with Crippen molar-refractivity contribution in [1.29, 1.82) is 0 Å². The highest BCUT2D eigenvalue weighted by Gasteiger charge is 2.41. The van der Waals surface area contributed by atoms with Crippen LogP contribution in [0.1, 0.15) is 40.0 Å². The van der Waals surface area contributed by atoms with E-state index in [4.69, 9.17) is 5.11 Å². The number of hydrogen-bond acceptors (Lipinski definition) is 4. The summed E-state index contributed by atoms with van der Waals surface area (Å²) in [5.41, 5.74) is -0.0223. The summed E-state index contributed by atoms with van der Waals surface area (Å²) < 4.78 is 0. The molecule has 0 bridgehead atoms. The maximum absolute atomic E-state index is 12.1. The van der Waals surface area contributed by atoms with Gasteiger partial charge in [-0.25, -0.2) is 14.6 Å². The van der Waals surface area contributed by atoms with E-state index in [0.29, 0.717) is 13.1 Å². The smallest absolute Gasteiger partial charge is 0.317 e. The quantitative estimate of drug-likeness (QED) is 0.596. The number of carbonyl (C=O) groups is 1. The minimum Gasteiger partial charge on any atom is -0.395 e. The maximum Gasteiger partial charge on any atom is 0.317 e. The molecule has 21 heavy (non-hydrogen) atoms. The van der Waals surface area contributed by atoms with E-state index in [2.05, 4.69) is 31.1 Å². The first-order chi connectivity index (χ1) is 9.71. The molecule has 2 atom stereocenters. The second-order valence-electron chi connectivity index (χ2n) is 7.26. The van der Waals surface area contributed by atoms with E-state index in [1.54, 1.807) is 13.1 Å². The Morgan fingerprint density at radius 2 is 2.10 bits per heavy atom. The van der Waals surface area contributed by atoms with Gasteiger partial charge in [-0.05, 0) is 30.1 Å². The highest BCUT2D eigenvalue weighted by molar-refractivity contribution is 5.74. The number of nitrogens with one attached hydrogen (secondary N) is 1. The largest absolute Gasteiger partial charge is 0.395 e. The number of carbonyl (C=O) groups excluding carboxylic acids is 2. The molecule has 1 aliphatic carbocycles. The lowest BCUT2D eigenvalue weighted by atomic mass is 9.62. The third kappa shape index (κ3) is 5.48. The van der Waals surface area contributed by atoms with Crippen molar-refractivity contribution in [2.45, 2.75) is 46.1 Å². The Hall–Kier alpha value is -1.39. The van der Waals surface area contributed by atoms with Gasteiger partial charge in [0.05, 0.1) is 13.2 Å². The average molecular weight is 297 g/mol. The van der Waals surface area contributed by atoms with Gasteiger partial charge in [-0.15, -0.1) is 0 Å². The topological polar surface area (TPSA) is 82.0 Å². The van der Waals surface area contributed by atoms with Gasteiger partial charge in [0.2, 0.25) is 6.08 Å². The molecule has 0 aliphatic heterocycles. The van der Waals surface area contributed by atoms with E-state index in [-0.39, 0.29) is 29.5 Å². The minimum atomic E-state index is -0.173. The van der Waals surface area contributed by atoms with Crippen LogP contribution in [0.5, 0.6) is 0 Å². The minimum absolute atomic E-state index is 0.0498. The van der Waals surface area contributed by atoms with Gasteiger partial charge in [-0.1, -0.05) is 20.8 Å². The number of rotatable bonds is 5. The number of aliphatic hydroxyl groups is 1. The van der Waals surface area contributed by atoms with E-state index >= 15 is 0 Å². The van der Waals surface area contributed by atoms with Gasteiger partial charge in [-0.2, -0.15) is 0 Å². The van der Waals surface area contributed by atoms with E-state index < -0.39 is 0 Å². The first-order valence-electron chi connectivity index (χ1n) is 7.37. The summed E-state index contributed by atoms with van der Waals surface area (Å²) in [4.78, 5) is 27.7. The fourth-order valence-electron chi connectivity index (χ4n) is 3.62. The van der Waals surface area contributed by atoms with Gasteiger partial charge in [0.15, 0.2) is 0 Å². The Kier molecular flexibility index (Phi) is 5.93. The molecule has 1 fully saturated rings. The molecule has 2 N–H and O–H groups in total. The van der Waals surface area contributed by atoms with Crippen LogP contribution in [0.4, 0.5) is 4.79 Å². The standard InChI is InChI=1S/C15H27N3O3/c1-14(2)7-12(17-13(21)18(4)5-6-19)8-15(3,9-14)10-16-11-20/h12,19H,5-10H2,1-4H3,(H,17,21). The molecule has 0 aromatic carbocycles. The zero-order valence-electron chi connectivity index (χ0n) is 13.5. The summed E-state index contributed by atoms with van der Waals surface area (Å²) in [6.45, 7) is 7.15. The molecular weight excluding hydrogens is 270 g/mol. The Balaban J connectivity index is 2.73. The molecule has 2 unspecified atom stereocenters. The van der Waals surface area contributed by atoms with Crippen LogP contribution in [0.3, 0.4) is 0 Å². The highest BCUT2D eigenvalue weighted by Crippen LogP contribution is 2.46. The van der Waals surface area contributed by atoms with Crippen LogP contribution in [-0.4, -0.2) is 54.9 Å². The molecule has 0 spiro atoms. The lowest BCUT2D eigenvalue weighted by Gasteiger charge is -2.46. The number of hydrogen-bond donors (Lipinski definition) is 2. The van der Waals surface area contributed by atoms with Crippen molar-refractivity contribution in [2.75, 3.05) is 26.7 Å². The highest BCUT2D eigenvalue weighted by atomic mass is 16.3. The zero-order chi connectivity index (χ0) is 16.1. The van der Waals surface area contributed by atoms with Gasteiger partial charge in [-0.3, -0.25) is 0 Å². The summed E-state index contributed by atoms with van der Waals surface area (Å²) in [6.07, 6.45) is 4.26. The van der Waals surface area contributed by atoms with Crippen molar-refractivity contribution >= 4 is 12.1 Å². The summed E-state index contributed by atoms with van der Waals surface area (Å²) in [5, 5.41) is 11.9. The van der Waals surface area contributed by atoms with Crippen molar-refractivity contribution < 1.29 is 14.7 Å². The van der Waals surface area contributed by atoms with Gasteiger partial charge in [0, 0.05) is 19.6 Å². The number of nitrogens with zero attached hydrogens (tertiary/aromatic N) is 2. The van der Waals surface area contributed by atoms with Crippen LogP contribution < -0.4 is 5.32 Å². The average Bonchev–Trinajstić information content (AvgIpc) is 2.34. The van der Waals surface area contributed by atoms with Crippen LogP contribution in [0.25, 0.3) is 0 Å². The zero-order valence-corrected chi connectivity index (χ0v) is 13.5. The monoisotopic (exact) mass is 297 g/mol. The molecule has 2 amide bonds. The Morgan fingerprint density at radius 3 is 2.67 bits per heavy atom. The van der Waals surface area contributed by atoms with Crippen molar-refractivity contribution in [1.82, 2.24) is 10.2 Å². The summed E-state index contributed by atoms with van der Waals surface area (Å²) in [7, 11) is 1.66. The van der Waals surface area contributed by atoms with Crippen molar-refractivity contribution in [3.63, 3.8) is 0 Å². The van der Waals surface area contributed by atoms with Crippen LogP contribution in [0, 0.1) is 10.8 Å². The van der Waals surface area contributed by atoms with E-state index in [9.17, 15) is 9.59 Å². The summed E-state index contributed by atoms with van der Waals surface area (Å²) in [6, 6.07) is -0.123. The van der Waals surface area contributed by atoms with Crippen LogP contribution in [0.15, 0.2) is 4.99 Å². The number of urea groups is 1. The van der Waals surface area contributed by atoms with Gasteiger partial charge >= 0.3 is 6.03 Å². The number of amides is 2. The fraction of sp³-hybridized carbons (Fsp3) is 0.867. The molecule has 1 rings (SSSR count). The molecule has 0 radical (unpaired) electrons. The number of aliphatic imine (C=N–C) groups is 1. The van der Waals surface area contributed by atoms with E-state index in [1.165, 1.54) is 4.90 Å². The third-order valence-electron chi connectivity index (χ3n) is 4.08. The lowest BCUT2D eigenvalue weighted by molar-refractivity contribution is 0.0779. The van der Waals surface area contributed by atoms with Crippen LogP contribution in [0.2, 0.25) is 0 Å². The predicted molar refractivity (Wildman–Crippen MR) is 80.8 cm³/mol. The van der Waals surface area contributed by atoms with Crippen molar-refractivity contribution in [3.8, 4) is 0 Å². The first kappa shape index (κ1) is 17.7. The second kappa shape index (κ2) is 7.05. The first-order valence-corrected chi connectivity index (χ1v) is 7.37. The Bertz CT molecular complexity index is 418. The fourth-order valence-corrected chi connectivity index (χ4v) is 3.62. The Labute approximate surface area is 126 Å². The lowest BCUT2D eigenvalue weighted by Crippen LogP contribution is -2.51. The molecule has 0 saturated heterocycles. The molecule has 6 nitrogen and oxygen atoms in total. The van der Waals surface area contributed by atoms with Gasteiger partial charge < -0.3 is 15.3 Å². The second-order valence-corrected chi connectivity index (χ2v) is 7.26. The van der Waals surface area contributed by atoms with Crippen molar-refractivity contribution in [2.24, 2.45) is 15.8 Å². The van der Waals surface area contributed by atoms with E-state index in [1.807, 2.05) is 0 Å². The molecule has 0 aromatic rings. The SMILES string of the molecule is CN(CCO)C(=O)NC1CC(C)(C)CC(C)(CN=C=O)C1. The number of likely N-dealkylation sites (N-methyl/N-ethyl adjacent to an activating group) is 1. The van der Waals surface area contributed by atoms with Crippen LogP contribution >= 0.6 is 0 Å². The van der Waals surface area contributed by atoms with Crippen LogP contribution in [-0.2, 0) is 4.79 Å². The molecular formula is C15H27N3O3. The molecule has 1 saturated carbocycles. The van der Waals surface area contributed by atoms with Crippen molar-refractivity contribution in [3.05, 3.63) is 0 Å². The molecule has 1 aliphatic rings. The summed E-state index contributed by atoms with van der Waals surface area (Å²) >= 11 is 0. The third-order valence-corrected chi connectivity index (χ3v) is 4.08. The molecule has 0 heterocycles. The summed E-state index contributed by atoms with van der Waals surface area (Å²) in [5.74, 6) is 0. The van der Waals surface area contributed by atoms with Gasteiger partial charge in [0.1, 0.15) is 0 Å². The molecule has 6 heteroatoms. The predicted octanol–water partition coefficient (Wildman–Crippen LogP) is 1.54. The van der Waals surface area contributed by atoms with E-state index in [0.717, 1.165) is 19.3 Å². The normalized spacial score (nSPS) is 27.6. The Morgan fingerprint density at radius 1 is 1.43 bits per heavy atom. The maximum atomic E-state index is 12.1. The van der Waals surface area contributed by atoms with Gasteiger partial charge in [0.25, 0.3) is 0 Å². The number of aliphatic hydroxyl groups excluding tert-OH is 1. The molecule has 0 aromatic heterocycles. The number of isocyanates is 1. The molecule has 120 valence electrons.